The lowest BCUT2D eigenvalue weighted by Gasteiger charge is -2.34. The van der Waals surface area contributed by atoms with Crippen LogP contribution in [0.2, 0.25) is 0 Å². The summed E-state index contributed by atoms with van der Waals surface area (Å²) in [6.07, 6.45) is 2.65. The van der Waals surface area contributed by atoms with Crippen molar-refractivity contribution in [1.82, 2.24) is 0 Å². The second-order valence-electron chi connectivity index (χ2n) is 11.6. The molecule has 2 aromatic carbocycles. The van der Waals surface area contributed by atoms with Gasteiger partial charge in [-0.2, -0.15) is 13.1 Å². The van der Waals surface area contributed by atoms with Gasteiger partial charge in [0.25, 0.3) is 0 Å². The molecule has 2 aromatic rings. The second-order valence-corrected chi connectivity index (χ2v) is 14.9. The Morgan fingerprint density at radius 1 is 1.07 bits per heavy atom. The highest BCUT2D eigenvalue weighted by Crippen LogP contribution is 2.65. The number of halogens is 2. The van der Waals surface area contributed by atoms with Crippen molar-refractivity contribution in [3.63, 3.8) is 0 Å². The molecule has 0 spiro atoms. The summed E-state index contributed by atoms with van der Waals surface area (Å²) in [5.41, 5.74) is -1.98. The van der Waals surface area contributed by atoms with E-state index < -0.39 is 52.1 Å². The van der Waals surface area contributed by atoms with Crippen molar-refractivity contribution in [3.8, 4) is 0 Å². The molecule has 8 nitrogen and oxygen atoms in total. The Kier molecular flexibility index (Phi) is 10.2. The number of ether oxygens (including phenoxy) is 2. The molecule has 5 rings (SSSR count). The molecule has 1 aliphatic carbocycles. The van der Waals surface area contributed by atoms with Crippen LogP contribution in [-0.2, 0) is 39.3 Å². The zero-order valence-corrected chi connectivity index (χ0v) is 25.6. The molecule has 12 heteroatoms. The van der Waals surface area contributed by atoms with Gasteiger partial charge >= 0.3 is 17.2 Å². The van der Waals surface area contributed by atoms with Crippen LogP contribution in [0.1, 0.15) is 69.7 Å². The van der Waals surface area contributed by atoms with Crippen LogP contribution in [0.15, 0.2) is 42.5 Å². The maximum Gasteiger partial charge on any atom is 0.351 e. The molecule has 0 amide bonds. The smallest absolute Gasteiger partial charge is 0.351 e. The second kappa shape index (κ2) is 13.2. The van der Waals surface area contributed by atoms with Gasteiger partial charge in [0.05, 0.1) is 12.0 Å². The molecule has 3 fully saturated rings. The molecule has 42 heavy (non-hydrogen) atoms. The highest BCUT2D eigenvalue weighted by Gasteiger charge is 2.76. The quantitative estimate of drug-likeness (QED) is 0.0622. The molecule has 0 aromatic heterocycles. The van der Waals surface area contributed by atoms with E-state index in [0.717, 1.165) is 16.7 Å². The number of ketones is 1. The SMILES string of the molecule is CC12CCC(C(=O)OCCCC(F)(F)SOO[O-])(OC1=O)C2(C)C.O=C(C[S+]1CCCC1)c1ccc2ccccc2c1. The van der Waals surface area contributed by atoms with Gasteiger partial charge in [-0.3, -0.25) is 14.6 Å². The molecule has 230 valence electrons. The molecular weight excluding hydrogens is 590 g/mol. The largest absolute Gasteiger partial charge is 0.691 e. The third-order valence-electron chi connectivity index (χ3n) is 8.97. The van der Waals surface area contributed by atoms with E-state index >= 15 is 0 Å². The van der Waals surface area contributed by atoms with Crippen LogP contribution in [0.25, 0.3) is 10.8 Å². The summed E-state index contributed by atoms with van der Waals surface area (Å²) >= 11 is -0.405. The molecular formula is C30H36F2O8S2. The van der Waals surface area contributed by atoms with Crippen LogP contribution in [0, 0.1) is 10.8 Å². The number of hydrogen-bond acceptors (Lipinski definition) is 9. The van der Waals surface area contributed by atoms with Crippen molar-refractivity contribution in [2.75, 3.05) is 23.9 Å². The summed E-state index contributed by atoms with van der Waals surface area (Å²) in [6.45, 7) is 5.04. The van der Waals surface area contributed by atoms with Crippen molar-refractivity contribution in [3.05, 3.63) is 48.0 Å². The summed E-state index contributed by atoms with van der Waals surface area (Å²) in [7, 11) is 0.359. The van der Waals surface area contributed by atoms with Gasteiger partial charge in [-0.1, -0.05) is 50.2 Å². The number of benzene rings is 2. The number of alkyl halides is 2. The lowest BCUT2D eigenvalue weighted by molar-refractivity contribution is -0.777. The number of Topliss-reactive ketones (excluding diaryl/α,β-unsaturated/α-hetero) is 1. The van der Waals surface area contributed by atoms with Crippen LogP contribution < -0.4 is 5.26 Å². The monoisotopic (exact) mass is 626 g/mol. The van der Waals surface area contributed by atoms with E-state index in [9.17, 15) is 28.4 Å². The third kappa shape index (κ3) is 6.62. The Labute approximate surface area is 251 Å². The van der Waals surface area contributed by atoms with Gasteiger partial charge in [-0.15, -0.1) is 0 Å². The van der Waals surface area contributed by atoms with Crippen LogP contribution in [0.3, 0.4) is 0 Å². The topological polar surface area (TPSA) is 111 Å². The van der Waals surface area contributed by atoms with Crippen molar-refractivity contribution in [1.29, 1.82) is 0 Å². The van der Waals surface area contributed by atoms with E-state index in [0.29, 0.717) is 29.5 Å². The molecule has 0 N–H and O–H groups in total. The Hall–Kier alpha value is -2.25. The minimum absolute atomic E-state index is 0.157. The van der Waals surface area contributed by atoms with Crippen molar-refractivity contribution < 1.29 is 47.3 Å². The number of carbonyl (C=O) groups is 3. The van der Waals surface area contributed by atoms with E-state index in [1.165, 1.54) is 29.7 Å². The summed E-state index contributed by atoms with van der Waals surface area (Å²) in [5, 5.41) is 11.4. The fourth-order valence-corrected chi connectivity index (χ4v) is 8.47. The number of esters is 2. The molecule has 2 bridgehead atoms. The predicted molar refractivity (Wildman–Crippen MR) is 154 cm³/mol. The molecule has 2 atom stereocenters. The summed E-state index contributed by atoms with van der Waals surface area (Å²) in [5.74, 6) is 2.47. The summed E-state index contributed by atoms with van der Waals surface area (Å²) in [6, 6.07) is 14.3. The standard InChI is InChI=1S/C16H17OS.C14H20F2O7S/c17-16(12-18-9-3-4-10-18)15-8-7-13-5-1-2-6-14(13)11-15;1-11(2)12(3)6-7-13(11,21-9(12)17)10(18)20-8-4-5-14(15,16)24-23-22-19/h1-2,5-8,11H,3-4,9-10,12H2;19H,4-8H2,1-3H3/q+1;/p-1. The fraction of sp³-hybridized carbons (Fsp3) is 0.567. The van der Waals surface area contributed by atoms with Crippen molar-refractivity contribution in [2.45, 2.75) is 70.2 Å². The molecule has 2 heterocycles. The van der Waals surface area contributed by atoms with Crippen molar-refractivity contribution >= 4 is 51.4 Å². The van der Waals surface area contributed by atoms with E-state index in [1.807, 2.05) is 24.3 Å². The number of hydrogen-bond donors (Lipinski definition) is 0. The predicted octanol–water partition coefficient (Wildman–Crippen LogP) is 5.33. The molecule has 2 aliphatic heterocycles. The maximum atomic E-state index is 13.2. The normalized spacial score (nSPS) is 24.8. The van der Waals surface area contributed by atoms with Gasteiger partial charge in [0.1, 0.15) is 23.5 Å². The lowest BCUT2D eigenvalue weighted by atomic mass is 9.66. The lowest BCUT2D eigenvalue weighted by Crippen LogP contribution is -2.48. The number of fused-ring (bicyclic) bond motifs is 3. The fourth-order valence-electron chi connectivity index (χ4n) is 5.86. The van der Waals surface area contributed by atoms with E-state index in [2.05, 4.69) is 27.6 Å². The number of carbonyl (C=O) groups excluding carboxylic acids is 3. The molecule has 2 saturated heterocycles. The van der Waals surface area contributed by atoms with Gasteiger partial charge in [0.2, 0.25) is 11.4 Å². The zero-order chi connectivity index (χ0) is 30.6. The van der Waals surface area contributed by atoms with Gasteiger partial charge < -0.3 is 14.7 Å². The first kappa shape index (κ1) is 32.7. The minimum atomic E-state index is -3.35. The van der Waals surface area contributed by atoms with Crippen LogP contribution in [0.5, 0.6) is 0 Å². The molecule has 1 saturated carbocycles. The van der Waals surface area contributed by atoms with Gasteiger partial charge in [-0.05, 0) is 66.8 Å². The van der Waals surface area contributed by atoms with Crippen LogP contribution in [0.4, 0.5) is 8.78 Å². The first-order valence-electron chi connectivity index (χ1n) is 13.9. The summed E-state index contributed by atoms with van der Waals surface area (Å²) < 4.78 is 40.5. The third-order valence-corrected chi connectivity index (χ3v) is 11.9. The van der Waals surface area contributed by atoms with Crippen molar-refractivity contribution in [2.24, 2.45) is 10.8 Å². The molecule has 2 unspecified atom stereocenters. The first-order valence-corrected chi connectivity index (χ1v) is 16.4. The average molecular weight is 627 g/mol. The van der Waals surface area contributed by atoms with Crippen LogP contribution >= 0.6 is 12.0 Å². The van der Waals surface area contributed by atoms with Gasteiger partial charge in [-0.25, -0.2) is 4.79 Å². The first-order chi connectivity index (χ1) is 19.8. The highest BCUT2D eigenvalue weighted by molar-refractivity contribution is 7.97. The Balaban J connectivity index is 0.000000200. The highest BCUT2D eigenvalue weighted by atomic mass is 32.2. The molecule has 0 radical (unpaired) electrons. The summed E-state index contributed by atoms with van der Waals surface area (Å²) in [4.78, 5) is 36.8. The maximum absolute atomic E-state index is 13.2. The average Bonchev–Trinajstić information content (AvgIpc) is 3.59. The minimum Gasteiger partial charge on any atom is -0.691 e. The van der Waals surface area contributed by atoms with E-state index in [1.54, 1.807) is 20.8 Å². The van der Waals surface area contributed by atoms with E-state index in [-0.39, 0.29) is 13.0 Å². The van der Waals surface area contributed by atoms with E-state index in [4.69, 9.17) is 9.47 Å². The Morgan fingerprint density at radius 3 is 2.38 bits per heavy atom. The Bertz CT molecular complexity index is 1300. The number of rotatable bonds is 11. The zero-order valence-electron chi connectivity index (χ0n) is 24.0. The van der Waals surface area contributed by atoms with Gasteiger partial charge in [0, 0.05) is 17.4 Å². The van der Waals surface area contributed by atoms with Gasteiger partial charge in [0.15, 0.2) is 5.75 Å². The van der Waals surface area contributed by atoms with Crippen LogP contribution in [-0.4, -0.2) is 52.4 Å². The Morgan fingerprint density at radius 2 is 1.76 bits per heavy atom. The molecule has 3 aliphatic rings.